The normalized spacial score (nSPS) is 10.2. The van der Waals surface area contributed by atoms with Gasteiger partial charge in [-0.05, 0) is 31.2 Å². The Labute approximate surface area is 115 Å². The van der Waals surface area contributed by atoms with Gasteiger partial charge in [0.1, 0.15) is 5.75 Å². The summed E-state index contributed by atoms with van der Waals surface area (Å²) in [6.07, 6.45) is 0. The second kappa shape index (κ2) is 6.14. The highest BCUT2D eigenvalue weighted by Gasteiger charge is 2.07. The quantitative estimate of drug-likeness (QED) is 0.931. The lowest BCUT2D eigenvalue weighted by molar-refractivity contribution is -0.118. The van der Waals surface area contributed by atoms with E-state index in [2.05, 4.69) is 5.32 Å². The van der Waals surface area contributed by atoms with Gasteiger partial charge in [-0.3, -0.25) is 4.79 Å². The maximum atomic E-state index is 13.0. The van der Waals surface area contributed by atoms with E-state index in [1.54, 1.807) is 12.1 Å². The zero-order valence-corrected chi connectivity index (χ0v) is 10.8. The molecule has 0 heterocycles. The fourth-order valence-corrected chi connectivity index (χ4v) is 1.55. The molecule has 0 saturated carbocycles. The number of aryl methyl sites for hydroxylation is 1. The molecule has 0 atom stereocenters. The molecule has 0 fully saturated rings. The summed E-state index contributed by atoms with van der Waals surface area (Å²) in [5, 5.41) is 2.42. The van der Waals surface area contributed by atoms with Gasteiger partial charge < -0.3 is 10.1 Å². The van der Waals surface area contributed by atoms with E-state index in [4.69, 9.17) is 4.74 Å². The number of nitrogens with one attached hydrogen (secondary N) is 1. The third-order valence-electron chi connectivity index (χ3n) is 2.59. The van der Waals surface area contributed by atoms with E-state index in [1.807, 2.05) is 19.1 Å². The number of ether oxygens (including phenoxy) is 1. The summed E-state index contributed by atoms with van der Waals surface area (Å²) in [5.41, 5.74) is 1.27. The molecule has 1 amide bonds. The fourth-order valence-electron chi connectivity index (χ4n) is 1.55. The highest BCUT2D eigenvalue weighted by atomic mass is 19.2. The number of hydrogen-bond acceptors (Lipinski definition) is 2. The zero-order valence-electron chi connectivity index (χ0n) is 10.8. The Morgan fingerprint density at radius 1 is 1.10 bits per heavy atom. The van der Waals surface area contributed by atoms with E-state index >= 15 is 0 Å². The molecule has 0 unspecified atom stereocenters. The number of amides is 1. The highest BCUT2D eigenvalue weighted by molar-refractivity contribution is 5.91. The van der Waals surface area contributed by atoms with Crippen LogP contribution in [0, 0.1) is 18.6 Å². The predicted octanol–water partition coefficient (Wildman–Crippen LogP) is 3.29. The van der Waals surface area contributed by atoms with Gasteiger partial charge in [-0.25, -0.2) is 8.78 Å². The smallest absolute Gasteiger partial charge is 0.262 e. The molecule has 2 aromatic carbocycles. The van der Waals surface area contributed by atoms with Crippen molar-refractivity contribution in [3.63, 3.8) is 0 Å². The molecule has 0 aromatic heterocycles. The minimum Gasteiger partial charge on any atom is -0.484 e. The number of hydrogen-bond donors (Lipinski definition) is 1. The van der Waals surface area contributed by atoms with E-state index in [1.165, 1.54) is 6.07 Å². The minimum atomic E-state index is -1.01. The van der Waals surface area contributed by atoms with E-state index in [-0.39, 0.29) is 12.3 Å². The van der Waals surface area contributed by atoms with E-state index < -0.39 is 17.5 Å². The number of benzene rings is 2. The monoisotopic (exact) mass is 277 g/mol. The summed E-state index contributed by atoms with van der Waals surface area (Å²) in [7, 11) is 0. The Balaban J connectivity index is 1.89. The van der Waals surface area contributed by atoms with Gasteiger partial charge >= 0.3 is 0 Å². The third kappa shape index (κ3) is 3.78. The summed E-state index contributed by atoms with van der Waals surface area (Å²) in [4.78, 5) is 11.6. The molecule has 3 nitrogen and oxygen atoms in total. The lowest BCUT2D eigenvalue weighted by atomic mass is 10.2. The Morgan fingerprint density at radius 3 is 2.45 bits per heavy atom. The molecular formula is C15H13F2NO2. The zero-order chi connectivity index (χ0) is 14.5. The first-order chi connectivity index (χ1) is 9.54. The van der Waals surface area contributed by atoms with E-state index in [9.17, 15) is 13.6 Å². The first-order valence-corrected chi connectivity index (χ1v) is 5.99. The third-order valence-corrected chi connectivity index (χ3v) is 2.59. The van der Waals surface area contributed by atoms with E-state index in [0.717, 1.165) is 17.7 Å². The van der Waals surface area contributed by atoms with Crippen LogP contribution in [0.3, 0.4) is 0 Å². The topological polar surface area (TPSA) is 38.3 Å². The average Bonchev–Trinajstić information content (AvgIpc) is 2.42. The minimum absolute atomic E-state index is 0.182. The SMILES string of the molecule is Cc1ccc(OCC(=O)Nc2ccc(F)c(F)c2)cc1. The van der Waals surface area contributed by atoms with Crippen molar-refractivity contribution < 1.29 is 18.3 Å². The van der Waals surface area contributed by atoms with Crippen LogP contribution in [0.5, 0.6) is 5.75 Å². The first-order valence-electron chi connectivity index (χ1n) is 5.99. The lowest BCUT2D eigenvalue weighted by Crippen LogP contribution is -2.20. The van der Waals surface area contributed by atoms with Gasteiger partial charge in [0.25, 0.3) is 5.91 Å². The molecule has 1 N–H and O–H groups in total. The summed E-state index contributed by atoms with van der Waals surface area (Å²) >= 11 is 0. The summed E-state index contributed by atoms with van der Waals surface area (Å²) in [6.45, 7) is 1.74. The van der Waals surface area contributed by atoms with Crippen molar-refractivity contribution in [1.82, 2.24) is 0 Å². The Hall–Kier alpha value is -2.43. The average molecular weight is 277 g/mol. The van der Waals surface area contributed by atoms with Gasteiger partial charge in [0.05, 0.1) is 0 Å². The van der Waals surface area contributed by atoms with Crippen molar-refractivity contribution in [3.05, 3.63) is 59.7 Å². The molecule has 0 saturated heterocycles. The van der Waals surface area contributed by atoms with Gasteiger partial charge in [0.2, 0.25) is 0 Å². The Bertz CT molecular complexity index is 612. The van der Waals surface area contributed by atoms with Crippen LogP contribution in [0.4, 0.5) is 14.5 Å². The van der Waals surface area contributed by atoms with E-state index in [0.29, 0.717) is 5.75 Å². The standard InChI is InChI=1S/C15H13F2NO2/c1-10-2-5-12(6-3-10)20-9-15(19)18-11-4-7-13(16)14(17)8-11/h2-8H,9H2,1H3,(H,18,19). The maximum absolute atomic E-state index is 13.0. The van der Waals surface area contributed by atoms with Crippen LogP contribution in [0.2, 0.25) is 0 Å². The molecule has 20 heavy (non-hydrogen) atoms. The lowest BCUT2D eigenvalue weighted by Gasteiger charge is -2.08. The fraction of sp³-hybridized carbons (Fsp3) is 0.133. The molecule has 0 aliphatic rings. The predicted molar refractivity (Wildman–Crippen MR) is 71.7 cm³/mol. The second-order valence-electron chi connectivity index (χ2n) is 4.28. The highest BCUT2D eigenvalue weighted by Crippen LogP contribution is 2.14. The van der Waals surface area contributed by atoms with Crippen LogP contribution in [-0.4, -0.2) is 12.5 Å². The summed E-state index contributed by atoms with van der Waals surface area (Å²) < 4.78 is 31.0. The number of carbonyl (C=O) groups excluding carboxylic acids is 1. The molecule has 0 radical (unpaired) electrons. The molecule has 0 spiro atoms. The van der Waals surface area contributed by atoms with Gasteiger partial charge in [0, 0.05) is 11.8 Å². The molecule has 2 aromatic rings. The first kappa shape index (κ1) is 14.0. The van der Waals surface area contributed by atoms with Crippen LogP contribution < -0.4 is 10.1 Å². The molecule has 2 rings (SSSR count). The largest absolute Gasteiger partial charge is 0.484 e. The van der Waals surface area contributed by atoms with Crippen LogP contribution in [0.25, 0.3) is 0 Å². The van der Waals surface area contributed by atoms with Gasteiger partial charge in [-0.15, -0.1) is 0 Å². The van der Waals surface area contributed by atoms with Crippen molar-refractivity contribution in [2.45, 2.75) is 6.92 Å². The van der Waals surface area contributed by atoms with Crippen LogP contribution in [0.1, 0.15) is 5.56 Å². The molecule has 0 aliphatic heterocycles. The van der Waals surface area contributed by atoms with Crippen molar-refractivity contribution >= 4 is 11.6 Å². The van der Waals surface area contributed by atoms with Crippen molar-refractivity contribution in [3.8, 4) is 5.75 Å². The van der Waals surface area contributed by atoms with Crippen molar-refractivity contribution in [2.24, 2.45) is 0 Å². The molecule has 0 bridgehead atoms. The molecule has 5 heteroatoms. The van der Waals surface area contributed by atoms with Crippen LogP contribution in [0.15, 0.2) is 42.5 Å². The van der Waals surface area contributed by atoms with Gasteiger partial charge in [-0.2, -0.15) is 0 Å². The van der Waals surface area contributed by atoms with Crippen LogP contribution >= 0.6 is 0 Å². The molecule has 104 valence electrons. The number of anilines is 1. The number of rotatable bonds is 4. The maximum Gasteiger partial charge on any atom is 0.262 e. The molecule has 0 aliphatic carbocycles. The van der Waals surface area contributed by atoms with Crippen LogP contribution in [-0.2, 0) is 4.79 Å². The number of halogens is 2. The molecular weight excluding hydrogens is 264 g/mol. The number of carbonyl (C=O) groups is 1. The summed E-state index contributed by atoms with van der Waals surface area (Å²) in [5.74, 6) is -1.85. The summed E-state index contributed by atoms with van der Waals surface area (Å²) in [6, 6.07) is 10.4. The Morgan fingerprint density at radius 2 is 1.80 bits per heavy atom. The van der Waals surface area contributed by atoms with Gasteiger partial charge in [-0.1, -0.05) is 17.7 Å². The van der Waals surface area contributed by atoms with Gasteiger partial charge in [0.15, 0.2) is 18.2 Å². The van der Waals surface area contributed by atoms with Crippen molar-refractivity contribution in [1.29, 1.82) is 0 Å². The second-order valence-corrected chi connectivity index (χ2v) is 4.28. The Kier molecular flexibility index (Phi) is 4.30. The van der Waals surface area contributed by atoms with Crippen molar-refractivity contribution in [2.75, 3.05) is 11.9 Å².